The lowest BCUT2D eigenvalue weighted by molar-refractivity contribution is -0.121. The van der Waals surface area contributed by atoms with Gasteiger partial charge in [-0.1, -0.05) is 11.3 Å². The van der Waals surface area contributed by atoms with Crippen molar-refractivity contribution in [2.45, 2.75) is 32.9 Å². The minimum absolute atomic E-state index is 0.0162. The quantitative estimate of drug-likeness (QED) is 0.915. The molecule has 2 aromatic heterocycles. The summed E-state index contributed by atoms with van der Waals surface area (Å²) in [5, 5.41) is 4.72. The molecule has 5 nitrogen and oxygen atoms in total. The first-order valence-corrected chi connectivity index (χ1v) is 7.30. The Labute approximate surface area is 121 Å². The number of nitrogens with one attached hydrogen (secondary N) is 1. The van der Waals surface area contributed by atoms with Crippen LogP contribution in [0.15, 0.2) is 34.7 Å². The molecule has 6 heteroatoms. The Morgan fingerprint density at radius 1 is 1.45 bits per heavy atom. The van der Waals surface area contributed by atoms with E-state index < -0.39 is 0 Å². The van der Waals surface area contributed by atoms with E-state index in [9.17, 15) is 9.59 Å². The highest BCUT2D eigenvalue weighted by molar-refractivity contribution is 7.07. The third-order valence-corrected chi connectivity index (χ3v) is 4.00. The van der Waals surface area contributed by atoms with Crippen LogP contribution in [-0.4, -0.2) is 15.5 Å². The van der Waals surface area contributed by atoms with Gasteiger partial charge in [0.05, 0.1) is 6.04 Å². The molecule has 0 saturated heterocycles. The number of carbonyl (C=O) groups excluding carboxylic acids is 1. The first-order valence-electron chi connectivity index (χ1n) is 6.42. The van der Waals surface area contributed by atoms with Crippen LogP contribution in [0.1, 0.15) is 30.6 Å². The second-order valence-electron chi connectivity index (χ2n) is 4.61. The highest BCUT2D eigenvalue weighted by Gasteiger charge is 2.10. The van der Waals surface area contributed by atoms with Gasteiger partial charge in [-0.15, -0.1) is 0 Å². The fourth-order valence-electron chi connectivity index (χ4n) is 1.94. The van der Waals surface area contributed by atoms with Gasteiger partial charge in [-0.25, -0.2) is 0 Å². The molecule has 0 bridgehead atoms. The van der Waals surface area contributed by atoms with Crippen molar-refractivity contribution in [2.75, 3.05) is 0 Å². The molecule has 0 aliphatic carbocycles. The third kappa shape index (κ3) is 3.54. The number of hydrogen-bond acceptors (Lipinski definition) is 4. The van der Waals surface area contributed by atoms with E-state index in [4.69, 9.17) is 0 Å². The Kier molecular flexibility index (Phi) is 4.68. The molecule has 0 aliphatic rings. The number of hydrogen-bond donors (Lipinski definition) is 1. The number of rotatable bonds is 5. The van der Waals surface area contributed by atoms with Gasteiger partial charge >= 0.3 is 4.87 Å². The topological polar surface area (TPSA) is 64.0 Å². The molecule has 0 radical (unpaired) electrons. The third-order valence-electron chi connectivity index (χ3n) is 3.12. The maximum Gasteiger partial charge on any atom is 0.307 e. The average Bonchev–Trinajstić information content (AvgIpc) is 2.77. The van der Waals surface area contributed by atoms with Crippen molar-refractivity contribution in [3.63, 3.8) is 0 Å². The van der Waals surface area contributed by atoms with Gasteiger partial charge in [0.25, 0.3) is 0 Å². The summed E-state index contributed by atoms with van der Waals surface area (Å²) < 4.78 is 1.63. The van der Waals surface area contributed by atoms with E-state index in [1.165, 1.54) is 0 Å². The van der Waals surface area contributed by atoms with E-state index in [0.717, 1.165) is 22.6 Å². The van der Waals surface area contributed by atoms with E-state index >= 15 is 0 Å². The highest BCUT2D eigenvalue weighted by Crippen LogP contribution is 2.10. The predicted molar refractivity (Wildman–Crippen MR) is 78.7 cm³/mol. The van der Waals surface area contributed by atoms with Crippen molar-refractivity contribution < 1.29 is 4.79 Å². The molecule has 2 rings (SSSR count). The lowest BCUT2D eigenvalue weighted by Crippen LogP contribution is -2.28. The second-order valence-corrected chi connectivity index (χ2v) is 5.44. The molecule has 20 heavy (non-hydrogen) atoms. The zero-order chi connectivity index (χ0) is 14.5. The molecule has 0 aliphatic heterocycles. The summed E-state index contributed by atoms with van der Waals surface area (Å²) in [4.78, 5) is 27.4. The van der Waals surface area contributed by atoms with Crippen molar-refractivity contribution in [2.24, 2.45) is 0 Å². The molecule has 0 spiro atoms. The highest BCUT2D eigenvalue weighted by atomic mass is 32.1. The monoisotopic (exact) mass is 291 g/mol. The predicted octanol–water partition coefficient (Wildman–Crippen LogP) is 1.88. The molecule has 2 aromatic rings. The number of amides is 1. The SMILES string of the molecule is Cc1csc(=O)n1CCC(=O)NC(C)c1ccncc1. The lowest BCUT2D eigenvalue weighted by atomic mass is 10.1. The number of pyridine rings is 1. The minimum Gasteiger partial charge on any atom is -0.350 e. The fraction of sp³-hybridized carbons (Fsp3) is 0.357. The normalized spacial score (nSPS) is 12.1. The molecule has 0 saturated carbocycles. The summed E-state index contributed by atoms with van der Waals surface area (Å²) in [6.45, 7) is 4.22. The van der Waals surface area contributed by atoms with E-state index in [1.807, 2.05) is 26.0 Å². The first kappa shape index (κ1) is 14.5. The smallest absolute Gasteiger partial charge is 0.307 e. The summed E-state index contributed by atoms with van der Waals surface area (Å²) in [6.07, 6.45) is 3.70. The van der Waals surface area contributed by atoms with Crippen molar-refractivity contribution >= 4 is 17.2 Å². The molecule has 1 N–H and O–H groups in total. The molecule has 1 unspecified atom stereocenters. The van der Waals surface area contributed by atoms with Gasteiger partial charge in [0.1, 0.15) is 0 Å². The van der Waals surface area contributed by atoms with Crippen molar-refractivity contribution in [1.82, 2.24) is 14.9 Å². The van der Waals surface area contributed by atoms with E-state index in [-0.39, 0.29) is 16.8 Å². The van der Waals surface area contributed by atoms with E-state index in [0.29, 0.717) is 13.0 Å². The van der Waals surface area contributed by atoms with Crippen LogP contribution in [0.25, 0.3) is 0 Å². The van der Waals surface area contributed by atoms with Gasteiger partial charge < -0.3 is 9.88 Å². The molecular formula is C14H17N3O2S. The van der Waals surface area contributed by atoms with Gasteiger partial charge in [0, 0.05) is 36.4 Å². The average molecular weight is 291 g/mol. The van der Waals surface area contributed by atoms with Crippen LogP contribution in [0.4, 0.5) is 0 Å². The summed E-state index contributed by atoms with van der Waals surface area (Å²) in [5.74, 6) is -0.0631. The number of aromatic nitrogens is 2. The van der Waals surface area contributed by atoms with E-state index in [1.54, 1.807) is 22.3 Å². The summed E-state index contributed by atoms with van der Waals surface area (Å²) in [6, 6.07) is 3.68. The van der Waals surface area contributed by atoms with Gasteiger partial charge in [0.15, 0.2) is 0 Å². The van der Waals surface area contributed by atoms with Gasteiger partial charge in [0.2, 0.25) is 5.91 Å². The molecule has 2 heterocycles. The van der Waals surface area contributed by atoms with Crippen LogP contribution in [-0.2, 0) is 11.3 Å². The van der Waals surface area contributed by atoms with Crippen LogP contribution >= 0.6 is 11.3 Å². The fourth-order valence-corrected chi connectivity index (χ4v) is 2.70. The summed E-state index contributed by atoms with van der Waals surface area (Å²) in [7, 11) is 0. The molecule has 1 amide bonds. The Balaban J connectivity index is 1.89. The van der Waals surface area contributed by atoms with Crippen molar-refractivity contribution in [3.8, 4) is 0 Å². The Hall–Kier alpha value is -1.95. The van der Waals surface area contributed by atoms with E-state index in [2.05, 4.69) is 10.3 Å². The van der Waals surface area contributed by atoms with Crippen LogP contribution < -0.4 is 10.2 Å². The zero-order valence-electron chi connectivity index (χ0n) is 11.5. The van der Waals surface area contributed by atoms with Gasteiger partial charge in [-0.2, -0.15) is 0 Å². The molecule has 106 valence electrons. The number of nitrogens with zero attached hydrogens (tertiary/aromatic N) is 2. The standard InChI is InChI=1S/C14H17N3O2S/c1-10-9-20-14(19)17(10)8-5-13(18)16-11(2)12-3-6-15-7-4-12/h3-4,6-7,9,11H,5,8H2,1-2H3,(H,16,18). The summed E-state index contributed by atoms with van der Waals surface area (Å²) in [5.41, 5.74) is 1.91. The van der Waals surface area contributed by atoms with Gasteiger partial charge in [-0.05, 0) is 31.5 Å². The maximum atomic E-state index is 11.9. The summed E-state index contributed by atoms with van der Waals surface area (Å²) >= 11 is 1.16. The van der Waals surface area contributed by atoms with Crippen molar-refractivity contribution in [3.05, 3.63) is 50.8 Å². The first-order chi connectivity index (χ1) is 9.58. The van der Waals surface area contributed by atoms with Crippen LogP contribution in [0.5, 0.6) is 0 Å². The Bertz CT molecular complexity index is 633. The number of aryl methyl sites for hydroxylation is 1. The molecular weight excluding hydrogens is 274 g/mol. The largest absolute Gasteiger partial charge is 0.350 e. The van der Waals surface area contributed by atoms with Gasteiger partial charge in [-0.3, -0.25) is 14.6 Å². The molecule has 1 atom stereocenters. The zero-order valence-corrected chi connectivity index (χ0v) is 12.3. The second kappa shape index (κ2) is 6.47. The van der Waals surface area contributed by atoms with Crippen LogP contribution in [0, 0.1) is 6.92 Å². The van der Waals surface area contributed by atoms with Crippen LogP contribution in [0.3, 0.4) is 0 Å². The van der Waals surface area contributed by atoms with Crippen molar-refractivity contribution in [1.29, 1.82) is 0 Å². The Morgan fingerprint density at radius 3 is 2.75 bits per heavy atom. The molecule has 0 aromatic carbocycles. The Morgan fingerprint density at radius 2 is 2.15 bits per heavy atom. The number of thiazole rings is 1. The minimum atomic E-state index is -0.0641. The van der Waals surface area contributed by atoms with Crippen LogP contribution in [0.2, 0.25) is 0 Å². The maximum absolute atomic E-state index is 11.9. The molecule has 0 fully saturated rings. The number of carbonyl (C=O) groups is 1. The lowest BCUT2D eigenvalue weighted by Gasteiger charge is -2.14.